The van der Waals surface area contributed by atoms with E-state index in [1.165, 1.54) is 12.1 Å². The molecule has 3 aromatic rings. The fourth-order valence-corrected chi connectivity index (χ4v) is 3.42. The van der Waals surface area contributed by atoms with E-state index in [1.54, 1.807) is 23.5 Å². The molecule has 1 amide bonds. The zero-order valence-corrected chi connectivity index (χ0v) is 15.5. The Morgan fingerprint density at radius 2 is 1.88 bits per heavy atom. The maximum Gasteiger partial charge on any atom is 0.246 e. The number of amides is 1. The van der Waals surface area contributed by atoms with Gasteiger partial charge in [-0.25, -0.2) is 9.37 Å². The lowest BCUT2D eigenvalue weighted by Crippen LogP contribution is -2.34. The fourth-order valence-electron chi connectivity index (χ4n) is 2.81. The lowest BCUT2D eigenvalue weighted by atomic mass is 10.0. The number of anilines is 1. The smallest absolute Gasteiger partial charge is 0.246 e. The molecule has 0 bridgehead atoms. The molecule has 1 aromatic heterocycles. The van der Waals surface area contributed by atoms with E-state index in [0.717, 1.165) is 16.3 Å². The Kier molecular flexibility index (Phi) is 5.75. The van der Waals surface area contributed by atoms with Crippen molar-refractivity contribution < 1.29 is 9.18 Å². The van der Waals surface area contributed by atoms with Crippen molar-refractivity contribution >= 4 is 22.9 Å². The van der Waals surface area contributed by atoms with Crippen LogP contribution in [0.4, 0.5) is 10.1 Å². The van der Waals surface area contributed by atoms with Gasteiger partial charge in [-0.2, -0.15) is 0 Å². The van der Waals surface area contributed by atoms with Crippen LogP contribution >= 0.6 is 11.3 Å². The molecular formula is C20H20FN3OS. The molecule has 0 aliphatic heterocycles. The van der Waals surface area contributed by atoms with Crippen LogP contribution in [0.15, 0.2) is 60.0 Å². The SMILES string of the molecule is Cc1nc(CN(C)C(C(=O)Nc2ccc(F)cc2)c2ccccc2)cs1. The molecule has 6 heteroatoms. The molecule has 1 unspecified atom stereocenters. The molecule has 2 aromatic carbocycles. The summed E-state index contributed by atoms with van der Waals surface area (Å²) >= 11 is 1.59. The Bertz CT molecular complexity index is 864. The summed E-state index contributed by atoms with van der Waals surface area (Å²) in [6.45, 7) is 2.52. The first kappa shape index (κ1) is 18.2. The molecule has 0 saturated heterocycles. The summed E-state index contributed by atoms with van der Waals surface area (Å²) < 4.78 is 13.1. The number of halogens is 1. The zero-order valence-electron chi connectivity index (χ0n) is 14.6. The number of thiazole rings is 1. The Morgan fingerprint density at radius 3 is 2.50 bits per heavy atom. The molecule has 1 heterocycles. The van der Waals surface area contributed by atoms with Gasteiger partial charge in [0.15, 0.2) is 0 Å². The van der Waals surface area contributed by atoms with Gasteiger partial charge in [0.1, 0.15) is 11.9 Å². The Hall–Kier alpha value is -2.57. The number of rotatable bonds is 6. The maximum atomic E-state index is 13.1. The van der Waals surface area contributed by atoms with Gasteiger partial charge in [-0.15, -0.1) is 11.3 Å². The van der Waals surface area contributed by atoms with Crippen molar-refractivity contribution in [1.82, 2.24) is 9.88 Å². The van der Waals surface area contributed by atoms with Gasteiger partial charge in [0, 0.05) is 17.6 Å². The molecule has 26 heavy (non-hydrogen) atoms. The van der Waals surface area contributed by atoms with Gasteiger partial charge in [0.2, 0.25) is 5.91 Å². The van der Waals surface area contributed by atoms with Crippen LogP contribution in [0.25, 0.3) is 0 Å². The number of nitrogens with one attached hydrogen (secondary N) is 1. The summed E-state index contributed by atoms with van der Waals surface area (Å²) in [6, 6.07) is 14.9. The number of benzene rings is 2. The van der Waals surface area contributed by atoms with Crippen molar-refractivity contribution in [3.05, 3.63) is 82.1 Å². The normalized spacial score (nSPS) is 12.2. The second-order valence-electron chi connectivity index (χ2n) is 6.08. The summed E-state index contributed by atoms with van der Waals surface area (Å²) in [5, 5.41) is 5.88. The van der Waals surface area contributed by atoms with Crippen LogP contribution in [0.5, 0.6) is 0 Å². The number of aryl methyl sites for hydroxylation is 1. The predicted molar refractivity (Wildman–Crippen MR) is 103 cm³/mol. The molecule has 1 atom stereocenters. The van der Waals surface area contributed by atoms with Crippen molar-refractivity contribution in [2.24, 2.45) is 0 Å². The molecule has 0 saturated carbocycles. The zero-order chi connectivity index (χ0) is 18.5. The molecule has 0 fully saturated rings. The van der Waals surface area contributed by atoms with Crippen LogP contribution in [0, 0.1) is 12.7 Å². The van der Waals surface area contributed by atoms with E-state index >= 15 is 0 Å². The quantitative estimate of drug-likeness (QED) is 0.700. The van der Waals surface area contributed by atoms with Crippen LogP contribution in [-0.2, 0) is 11.3 Å². The molecular weight excluding hydrogens is 349 g/mol. The van der Waals surface area contributed by atoms with Gasteiger partial charge in [0.25, 0.3) is 0 Å². The van der Waals surface area contributed by atoms with Crippen LogP contribution in [-0.4, -0.2) is 22.8 Å². The van der Waals surface area contributed by atoms with Gasteiger partial charge in [-0.3, -0.25) is 9.69 Å². The van der Waals surface area contributed by atoms with Crippen molar-refractivity contribution in [3.8, 4) is 0 Å². The number of aromatic nitrogens is 1. The minimum Gasteiger partial charge on any atom is -0.324 e. The van der Waals surface area contributed by atoms with Gasteiger partial charge >= 0.3 is 0 Å². The Balaban J connectivity index is 1.82. The monoisotopic (exact) mass is 369 g/mol. The summed E-state index contributed by atoms with van der Waals surface area (Å²) in [4.78, 5) is 19.4. The number of hydrogen-bond acceptors (Lipinski definition) is 4. The first-order chi connectivity index (χ1) is 12.5. The lowest BCUT2D eigenvalue weighted by molar-refractivity contribution is -0.121. The average molecular weight is 369 g/mol. The standard InChI is InChI=1S/C20H20FN3OS/c1-14-22-18(13-26-14)12-24(2)19(15-6-4-3-5-7-15)20(25)23-17-10-8-16(21)9-11-17/h3-11,13,19H,12H2,1-2H3,(H,23,25). The molecule has 4 nitrogen and oxygen atoms in total. The molecule has 134 valence electrons. The number of hydrogen-bond donors (Lipinski definition) is 1. The van der Waals surface area contributed by atoms with Crippen molar-refractivity contribution in [2.75, 3.05) is 12.4 Å². The molecule has 0 spiro atoms. The highest BCUT2D eigenvalue weighted by molar-refractivity contribution is 7.09. The molecule has 0 aliphatic rings. The van der Waals surface area contributed by atoms with Crippen molar-refractivity contribution in [3.63, 3.8) is 0 Å². The van der Waals surface area contributed by atoms with Gasteiger partial charge in [-0.05, 0) is 43.8 Å². The summed E-state index contributed by atoms with van der Waals surface area (Å²) in [6.07, 6.45) is 0. The van der Waals surface area contributed by atoms with E-state index < -0.39 is 6.04 Å². The number of likely N-dealkylation sites (N-methyl/N-ethyl adjacent to an activating group) is 1. The van der Waals surface area contributed by atoms with Gasteiger partial charge in [-0.1, -0.05) is 30.3 Å². The van der Waals surface area contributed by atoms with Gasteiger partial charge < -0.3 is 5.32 Å². The van der Waals surface area contributed by atoms with E-state index in [1.807, 2.05) is 54.6 Å². The number of nitrogens with zero attached hydrogens (tertiary/aromatic N) is 2. The van der Waals surface area contributed by atoms with E-state index in [9.17, 15) is 9.18 Å². The van der Waals surface area contributed by atoms with E-state index in [-0.39, 0.29) is 11.7 Å². The minimum absolute atomic E-state index is 0.169. The van der Waals surface area contributed by atoms with Crippen molar-refractivity contribution in [1.29, 1.82) is 0 Å². The van der Waals surface area contributed by atoms with E-state index in [4.69, 9.17) is 0 Å². The van der Waals surface area contributed by atoms with Crippen LogP contribution in [0.3, 0.4) is 0 Å². The topological polar surface area (TPSA) is 45.2 Å². The largest absolute Gasteiger partial charge is 0.324 e. The summed E-state index contributed by atoms with van der Waals surface area (Å²) in [7, 11) is 1.90. The first-order valence-electron chi connectivity index (χ1n) is 8.25. The highest BCUT2D eigenvalue weighted by atomic mass is 32.1. The molecule has 0 radical (unpaired) electrons. The third-order valence-corrected chi connectivity index (χ3v) is 4.82. The third kappa shape index (κ3) is 4.53. The van der Waals surface area contributed by atoms with E-state index in [0.29, 0.717) is 12.2 Å². The van der Waals surface area contributed by atoms with E-state index in [2.05, 4.69) is 10.3 Å². The summed E-state index contributed by atoms with van der Waals surface area (Å²) in [5.74, 6) is -0.504. The second-order valence-corrected chi connectivity index (χ2v) is 7.14. The summed E-state index contributed by atoms with van der Waals surface area (Å²) in [5.41, 5.74) is 2.39. The fraction of sp³-hybridized carbons (Fsp3) is 0.200. The number of carbonyl (C=O) groups is 1. The molecule has 0 aliphatic carbocycles. The second kappa shape index (κ2) is 8.21. The van der Waals surface area contributed by atoms with Crippen molar-refractivity contribution in [2.45, 2.75) is 19.5 Å². The Morgan fingerprint density at radius 1 is 1.19 bits per heavy atom. The van der Waals surface area contributed by atoms with Crippen LogP contribution < -0.4 is 5.32 Å². The first-order valence-corrected chi connectivity index (χ1v) is 9.13. The average Bonchev–Trinajstić information content (AvgIpc) is 3.03. The minimum atomic E-state index is -0.483. The lowest BCUT2D eigenvalue weighted by Gasteiger charge is -2.27. The molecule has 1 N–H and O–H groups in total. The highest BCUT2D eigenvalue weighted by Gasteiger charge is 2.25. The van der Waals surface area contributed by atoms with Crippen LogP contribution in [0.1, 0.15) is 22.3 Å². The number of carbonyl (C=O) groups excluding carboxylic acids is 1. The predicted octanol–water partition coefficient (Wildman–Crippen LogP) is 4.40. The third-order valence-electron chi connectivity index (χ3n) is 3.99. The molecule has 3 rings (SSSR count). The van der Waals surface area contributed by atoms with Crippen LogP contribution in [0.2, 0.25) is 0 Å². The Labute approximate surface area is 156 Å². The van der Waals surface area contributed by atoms with Gasteiger partial charge in [0.05, 0.1) is 10.7 Å². The maximum absolute atomic E-state index is 13.1. The highest BCUT2D eigenvalue weighted by Crippen LogP contribution is 2.24.